The van der Waals surface area contributed by atoms with Crippen molar-refractivity contribution in [3.05, 3.63) is 70.8 Å². The highest BCUT2D eigenvalue weighted by Crippen LogP contribution is 2.32. The monoisotopic (exact) mass is 222 g/mol. The number of hydrogen-bond acceptors (Lipinski definition) is 0. The molecule has 0 aliphatic heterocycles. The van der Waals surface area contributed by atoms with Gasteiger partial charge >= 0.3 is 0 Å². The molecule has 0 atom stereocenters. The molecule has 0 saturated carbocycles. The molecule has 17 heavy (non-hydrogen) atoms. The van der Waals surface area contributed by atoms with Crippen molar-refractivity contribution in [1.29, 1.82) is 0 Å². The lowest BCUT2D eigenvalue weighted by atomic mass is 9.82. The van der Waals surface area contributed by atoms with E-state index >= 15 is 0 Å². The Kier molecular flexibility index (Phi) is 2.72. The van der Waals surface area contributed by atoms with Crippen molar-refractivity contribution in [2.24, 2.45) is 0 Å². The molecule has 86 valence electrons. The molecule has 3 rings (SSSR count). The van der Waals surface area contributed by atoms with Gasteiger partial charge in [-0.05, 0) is 41.5 Å². The molecule has 0 N–H and O–H groups in total. The molecular formula is C17H18. The minimum absolute atomic E-state index is 0.530. The van der Waals surface area contributed by atoms with Gasteiger partial charge in [0.05, 0.1) is 0 Å². The Hall–Kier alpha value is -1.56. The second kappa shape index (κ2) is 4.37. The Balaban J connectivity index is 2.15. The van der Waals surface area contributed by atoms with E-state index in [0.717, 1.165) is 0 Å². The summed E-state index contributed by atoms with van der Waals surface area (Å²) in [5.74, 6) is 0.530. The van der Waals surface area contributed by atoms with Crippen LogP contribution in [0, 0.1) is 0 Å². The van der Waals surface area contributed by atoms with Crippen LogP contribution in [0.15, 0.2) is 48.5 Å². The van der Waals surface area contributed by atoms with Crippen LogP contribution in [0.2, 0.25) is 0 Å². The fourth-order valence-corrected chi connectivity index (χ4v) is 3.01. The van der Waals surface area contributed by atoms with Crippen molar-refractivity contribution >= 4 is 0 Å². The van der Waals surface area contributed by atoms with E-state index in [1.807, 2.05) is 0 Å². The number of hydrogen-bond donors (Lipinski definition) is 0. The minimum Gasteiger partial charge on any atom is -0.0620 e. The van der Waals surface area contributed by atoms with Crippen molar-refractivity contribution in [2.75, 3.05) is 0 Å². The smallest absolute Gasteiger partial charge is 0.00664 e. The van der Waals surface area contributed by atoms with Gasteiger partial charge in [-0.15, -0.1) is 0 Å². The standard InChI is InChI=1S/C17H18/c1-13-16-11-4-2-7-14(16)9-6-10-15-8-3-5-12-17(13)15/h2-5,7-8,11-13H,6,9-10H2,1H3. The van der Waals surface area contributed by atoms with E-state index in [4.69, 9.17) is 0 Å². The Labute approximate surface area is 103 Å². The number of aryl methyl sites for hydroxylation is 2. The van der Waals surface area contributed by atoms with Crippen LogP contribution in [0.25, 0.3) is 0 Å². The van der Waals surface area contributed by atoms with Gasteiger partial charge in [0.25, 0.3) is 0 Å². The molecule has 0 spiro atoms. The quantitative estimate of drug-likeness (QED) is 0.622. The maximum atomic E-state index is 2.34. The van der Waals surface area contributed by atoms with Crippen molar-refractivity contribution in [2.45, 2.75) is 32.1 Å². The van der Waals surface area contributed by atoms with Crippen LogP contribution < -0.4 is 0 Å². The Morgan fingerprint density at radius 3 is 1.76 bits per heavy atom. The summed E-state index contributed by atoms with van der Waals surface area (Å²) in [6.07, 6.45) is 3.70. The van der Waals surface area contributed by atoms with Gasteiger partial charge < -0.3 is 0 Å². The minimum atomic E-state index is 0.530. The second-order valence-electron chi connectivity index (χ2n) is 4.97. The summed E-state index contributed by atoms with van der Waals surface area (Å²) in [7, 11) is 0. The molecule has 0 heteroatoms. The van der Waals surface area contributed by atoms with Crippen molar-refractivity contribution < 1.29 is 0 Å². The second-order valence-corrected chi connectivity index (χ2v) is 4.97. The highest BCUT2D eigenvalue weighted by Gasteiger charge is 2.17. The maximum Gasteiger partial charge on any atom is 0.00664 e. The molecule has 1 aliphatic rings. The molecule has 0 unspecified atom stereocenters. The molecule has 0 amide bonds. The van der Waals surface area contributed by atoms with E-state index in [2.05, 4.69) is 55.5 Å². The molecule has 0 bridgehead atoms. The topological polar surface area (TPSA) is 0 Å². The van der Waals surface area contributed by atoms with Crippen LogP contribution in [0.5, 0.6) is 0 Å². The number of rotatable bonds is 0. The summed E-state index contributed by atoms with van der Waals surface area (Å²) in [6, 6.07) is 17.8. The van der Waals surface area contributed by atoms with Gasteiger partial charge in [0, 0.05) is 5.92 Å². The largest absolute Gasteiger partial charge is 0.0620 e. The normalized spacial score (nSPS) is 15.6. The summed E-state index contributed by atoms with van der Waals surface area (Å²) in [6.45, 7) is 2.34. The SMILES string of the molecule is CC1c2ccccc2CCCc2ccccc21. The molecule has 2 aromatic carbocycles. The molecule has 0 nitrogen and oxygen atoms in total. The highest BCUT2D eigenvalue weighted by atomic mass is 14.2. The first-order valence-electron chi connectivity index (χ1n) is 6.52. The zero-order chi connectivity index (χ0) is 11.7. The van der Waals surface area contributed by atoms with Gasteiger partial charge in [-0.1, -0.05) is 55.5 Å². The predicted molar refractivity (Wildman–Crippen MR) is 72.4 cm³/mol. The summed E-state index contributed by atoms with van der Waals surface area (Å²) >= 11 is 0. The average molecular weight is 222 g/mol. The van der Waals surface area contributed by atoms with Gasteiger partial charge in [-0.2, -0.15) is 0 Å². The molecule has 2 aromatic rings. The van der Waals surface area contributed by atoms with E-state index in [-0.39, 0.29) is 0 Å². The Morgan fingerprint density at radius 1 is 0.765 bits per heavy atom. The van der Waals surface area contributed by atoms with Crippen molar-refractivity contribution in [3.63, 3.8) is 0 Å². The molecule has 0 radical (unpaired) electrons. The molecule has 0 saturated heterocycles. The average Bonchev–Trinajstić information content (AvgIpc) is 2.37. The van der Waals surface area contributed by atoms with Gasteiger partial charge in [0.15, 0.2) is 0 Å². The van der Waals surface area contributed by atoms with E-state index in [0.29, 0.717) is 5.92 Å². The van der Waals surface area contributed by atoms with Crippen molar-refractivity contribution in [3.8, 4) is 0 Å². The van der Waals surface area contributed by atoms with Crippen molar-refractivity contribution in [1.82, 2.24) is 0 Å². The van der Waals surface area contributed by atoms with E-state index < -0.39 is 0 Å². The van der Waals surface area contributed by atoms with Crippen LogP contribution in [0.4, 0.5) is 0 Å². The Morgan fingerprint density at radius 2 is 1.24 bits per heavy atom. The van der Waals surface area contributed by atoms with Gasteiger partial charge in [0.1, 0.15) is 0 Å². The number of benzene rings is 2. The zero-order valence-electron chi connectivity index (χ0n) is 10.3. The first kappa shape index (κ1) is 10.6. The first-order chi connectivity index (χ1) is 8.36. The van der Waals surface area contributed by atoms with Gasteiger partial charge in [-0.25, -0.2) is 0 Å². The van der Waals surface area contributed by atoms with Crippen LogP contribution in [-0.2, 0) is 12.8 Å². The molecule has 1 aliphatic carbocycles. The fraction of sp³-hybridized carbons (Fsp3) is 0.294. The summed E-state index contributed by atoms with van der Waals surface area (Å²) < 4.78 is 0. The van der Waals surface area contributed by atoms with Crippen LogP contribution in [0.3, 0.4) is 0 Å². The third-order valence-electron chi connectivity index (χ3n) is 3.94. The van der Waals surface area contributed by atoms with E-state index in [1.165, 1.54) is 41.5 Å². The summed E-state index contributed by atoms with van der Waals surface area (Å²) in [5, 5.41) is 0. The maximum absolute atomic E-state index is 2.34. The van der Waals surface area contributed by atoms with Crippen LogP contribution >= 0.6 is 0 Å². The summed E-state index contributed by atoms with van der Waals surface area (Å²) in [4.78, 5) is 0. The van der Waals surface area contributed by atoms with Gasteiger partial charge in [-0.3, -0.25) is 0 Å². The predicted octanol–water partition coefficient (Wildman–Crippen LogP) is 4.33. The van der Waals surface area contributed by atoms with Gasteiger partial charge in [0.2, 0.25) is 0 Å². The van der Waals surface area contributed by atoms with E-state index in [9.17, 15) is 0 Å². The molecule has 0 aromatic heterocycles. The van der Waals surface area contributed by atoms with Crippen LogP contribution in [-0.4, -0.2) is 0 Å². The molecular weight excluding hydrogens is 204 g/mol. The zero-order valence-corrected chi connectivity index (χ0v) is 10.3. The van der Waals surface area contributed by atoms with Crippen LogP contribution in [0.1, 0.15) is 41.5 Å². The lowest BCUT2D eigenvalue weighted by molar-refractivity contribution is 0.754. The first-order valence-corrected chi connectivity index (χ1v) is 6.52. The summed E-state index contributed by atoms with van der Waals surface area (Å²) in [5.41, 5.74) is 6.10. The fourth-order valence-electron chi connectivity index (χ4n) is 3.01. The highest BCUT2D eigenvalue weighted by molar-refractivity contribution is 5.42. The number of fused-ring (bicyclic) bond motifs is 2. The van der Waals surface area contributed by atoms with E-state index in [1.54, 1.807) is 0 Å². The third kappa shape index (κ3) is 1.88. The Bertz CT molecular complexity index is 478. The lowest BCUT2D eigenvalue weighted by Crippen LogP contribution is -2.08. The molecule has 0 fully saturated rings. The lowest BCUT2D eigenvalue weighted by Gasteiger charge is -2.23. The molecule has 0 heterocycles. The third-order valence-corrected chi connectivity index (χ3v) is 3.94.